The van der Waals surface area contributed by atoms with Crippen molar-refractivity contribution in [3.05, 3.63) is 71.3 Å². The first-order chi connectivity index (χ1) is 14.7. The van der Waals surface area contributed by atoms with Crippen LogP contribution in [0.3, 0.4) is 0 Å². The van der Waals surface area contributed by atoms with Crippen LogP contribution < -0.4 is 14.8 Å². The number of nitrogens with one attached hydrogen (secondary N) is 1. The van der Waals surface area contributed by atoms with E-state index in [9.17, 15) is 13.2 Å². The van der Waals surface area contributed by atoms with Gasteiger partial charge in [-0.3, -0.25) is 4.79 Å². The molecule has 1 N–H and O–H groups in total. The summed E-state index contributed by atoms with van der Waals surface area (Å²) in [6.07, 6.45) is 0. The summed E-state index contributed by atoms with van der Waals surface area (Å²) in [6, 6.07) is 15.4. The Labute approximate surface area is 181 Å². The van der Waals surface area contributed by atoms with E-state index in [0.29, 0.717) is 17.2 Å². The Morgan fingerprint density at radius 1 is 0.935 bits per heavy atom. The number of rotatable bonds is 4. The van der Waals surface area contributed by atoms with E-state index in [-0.39, 0.29) is 22.0 Å². The number of hydrogen-bond donors (Lipinski definition) is 1. The lowest BCUT2D eigenvalue weighted by molar-refractivity contribution is 0.102. The van der Waals surface area contributed by atoms with Crippen molar-refractivity contribution in [1.29, 1.82) is 0 Å². The molecular weight excluding hydrogens is 416 g/mol. The summed E-state index contributed by atoms with van der Waals surface area (Å²) < 4.78 is 39.2. The number of fused-ring (bicyclic) bond motifs is 2. The molecule has 4 rings (SSSR count). The molecule has 1 amide bonds. The lowest BCUT2D eigenvalue weighted by atomic mass is 10.1. The maximum absolute atomic E-state index is 13.0. The van der Waals surface area contributed by atoms with Gasteiger partial charge in [-0.05, 0) is 49.2 Å². The highest BCUT2D eigenvalue weighted by Gasteiger charge is 2.30. The van der Waals surface area contributed by atoms with E-state index in [2.05, 4.69) is 5.32 Å². The number of carbonyl (C=O) groups is 1. The first kappa shape index (κ1) is 20.9. The third-order valence-electron chi connectivity index (χ3n) is 4.97. The zero-order valence-corrected chi connectivity index (χ0v) is 18.4. The van der Waals surface area contributed by atoms with E-state index in [1.54, 1.807) is 24.3 Å². The van der Waals surface area contributed by atoms with Crippen LogP contribution >= 0.6 is 0 Å². The van der Waals surface area contributed by atoms with Crippen LogP contribution in [-0.2, 0) is 10.0 Å². The molecule has 0 unspecified atom stereocenters. The normalized spacial score (nSPS) is 13.0. The summed E-state index contributed by atoms with van der Waals surface area (Å²) in [7, 11) is -1.06. The van der Waals surface area contributed by atoms with Crippen LogP contribution in [0.4, 0.5) is 5.69 Å². The Bertz CT molecular complexity index is 1300. The van der Waals surface area contributed by atoms with E-state index < -0.39 is 15.9 Å². The van der Waals surface area contributed by atoms with Crippen LogP contribution in [0.25, 0.3) is 0 Å². The molecule has 1 aliphatic heterocycles. The smallest absolute Gasteiger partial charge is 0.259 e. The fourth-order valence-electron chi connectivity index (χ4n) is 3.21. The molecule has 0 spiro atoms. The second-order valence-corrected chi connectivity index (χ2v) is 9.63. The van der Waals surface area contributed by atoms with E-state index in [1.807, 2.05) is 32.0 Å². The van der Waals surface area contributed by atoms with Crippen LogP contribution in [0.1, 0.15) is 21.5 Å². The van der Waals surface area contributed by atoms with Gasteiger partial charge >= 0.3 is 0 Å². The molecule has 7 nitrogen and oxygen atoms in total. The van der Waals surface area contributed by atoms with Crippen LogP contribution in [-0.4, -0.2) is 32.7 Å². The molecule has 1 heterocycles. The molecule has 0 radical (unpaired) electrons. The number of anilines is 1. The second-order valence-electron chi connectivity index (χ2n) is 7.51. The predicted octanol–water partition coefficient (Wildman–Crippen LogP) is 4.70. The number of aryl methyl sites for hydroxylation is 2. The molecule has 0 saturated carbocycles. The van der Waals surface area contributed by atoms with Gasteiger partial charge in [-0.2, -0.15) is 0 Å². The largest absolute Gasteiger partial charge is 0.456 e. The summed E-state index contributed by atoms with van der Waals surface area (Å²) in [5.74, 6) is 0.790. The SMILES string of the molecule is Cc1ccc2c(c1)NC(=O)c1cc(S(=O)(=O)N(C)C)c(Oc3ccccc3C)cc1O2. The molecule has 0 saturated heterocycles. The topological polar surface area (TPSA) is 84.9 Å². The molecule has 0 aromatic heterocycles. The minimum absolute atomic E-state index is 0.0742. The summed E-state index contributed by atoms with van der Waals surface area (Å²) in [5, 5.41) is 2.79. The van der Waals surface area contributed by atoms with Gasteiger partial charge in [0.25, 0.3) is 5.91 Å². The first-order valence-corrected chi connectivity index (χ1v) is 11.0. The van der Waals surface area contributed by atoms with Crippen LogP contribution in [0.15, 0.2) is 59.5 Å². The van der Waals surface area contributed by atoms with Crippen LogP contribution in [0.2, 0.25) is 0 Å². The number of hydrogen-bond acceptors (Lipinski definition) is 5. The quantitative estimate of drug-likeness (QED) is 0.638. The van der Waals surface area contributed by atoms with Gasteiger partial charge in [-0.25, -0.2) is 12.7 Å². The number of sulfonamides is 1. The highest BCUT2D eigenvalue weighted by atomic mass is 32.2. The van der Waals surface area contributed by atoms with E-state index in [4.69, 9.17) is 9.47 Å². The molecule has 0 atom stereocenters. The van der Waals surface area contributed by atoms with Crippen molar-refractivity contribution in [3.63, 3.8) is 0 Å². The van der Waals surface area contributed by atoms with Gasteiger partial charge in [0.15, 0.2) is 11.5 Å². The molecular formula is C23H22N2O5S. The van der Waals surface area contributed by atoms with Gasteiger partial charge in [0, 0.05) is 20.2 Å². The van der Waals surface area contributed by atoms with Crippen molar-refractivity contribution >= 4 is 21.6 Å². The lowest BCUT2D eigenvalue weighted by Gasteiger charge is -2.18. The Balaban J connectivity index is 1.91. The maximum atomic E-state index is 13.0. The minimum atomic E-state index is -3.91. The fourth-order valence-corrected chi connectivity index (χ4v) is 4.22. The highest BCUT2D eigenvalue weighted by molar-refractivity contribution is 7.89. The Morgan fingerprint density at radius 2 is 1.68 bits per heavy atom. The number of benzene rings is 3. The summed E-state index contributed by atoms with van der Waals surface area (Å²) in [4.78, 5) is 12.8. The second kappa shape index (κ2) is 7.72. The van der Waals surface area contributed by atoms with Gasteiger partial charge in [0.05, 0.1) is 11.3 Å². The number of ether oxygens (including phenoxy) is 2. The zero-order valence-electron chi connectivity index (χ0n) is 17.6. The molecule has 3 aromatic carbocycles. The average Bonchev–Trinajstić information content (AvgIpc) is 2.84. The zero-order chi connectivity index (χ0) is 22.3. The molecule has 3 aromatic rings. The third-order valence-corrected chi connectivity index (χ3v) is 6.80. The van der Waals surface area contributed by atoms with Crippen molar-refractivity contribution in [2.75, 3.05) is 19.4 Å². The first-order valence-electron chi connectivity index (χ1n) is 9.61. The summed E-state index contributed by atoms with van der Waals surface area (Å²) in [5.41, 5.74) is 2.41. The maximum Gasteiger partial charge on any atom is 0.259 e. The van der Waals surface area contributed by atoms with E-state index in [1.165, 1.54) is 26.2 Å². The number of carbonyl (C=O) groups excluding carboxylic acids is 1. The molecule has 8 heteroatoms. The van der Waals surface area contributed by atoms with E-state index >= 15 is 0 Å². The molecule has 160 valence electrons. The highest BCUT2D eigenvalue weighted by Crippen LogP contribution is 2.42. The van der Waals surface area contributed by atoms with Crippen LogP contribution in [0.5, 0.6) is 23.0 Å². The number of nitrogens with zero attached hydrogens (tertiary/aromatic N) is 1. The fraction of sp³-hybridized carbons (Fsp3) is 0.174. The summed E-state index contributed by atoms with van der Waals surface area (Å²) >= 11 is 0. The summed E-state index contributed by atoms with van der Waals surface area (Å²) in [6.45, 7) is 3.77. The monoisotopic (exact) mass is 438 g/mol. The Hall–Kier alpha value is -3.36. The lowest BCUT2D eigenvalue weighted by Crippen LogP contribution is -2.23. The van der Waals surface area contributed by atoms with Gasteiger partial charge in [-0.1, -0.05) is 24.3 Å². The number of para-hydroxylation sites is 1. The molecule has 0 aliphatic carbocycles. The third kappa shape index (κ3) is 3.87. The molecule has 1 aliphatic rings. The standard InChI is InChI=1S/C23H22N2O5S/c1-14-9-10-19-17(11-14)24-23(26)16-12-22(31(27,28)25(3)4)21(13-20(16)30-19)29-18-8-6-5-7-15(18)2/h5-13H,1-4H3,(H,24,26). The number of amides is 1. The minimum Gasteiger partial charge on any atom is -0.456 e. The van der Waals surface area contributed by atoms with E-state index in [0.717, 1.165) is 15.4 Å². The van der Waals surface area contributed by atoms with Crippen molar-refractivity contribution in [3.8, 4) is 23.0 Å². The molecule has 0 bridgehead atoms. The van der Waals surface area contributed by atoms with Gasteiger partial charge < -0.3 is 14.8 Å². The average molecular weight is 439 g/mol. The Kier molecular flexibility index (Phi) is 5.20. The van der Waals surface area contributed by atoms with Crippen molar-refractivity contribution in [2.45, 2.75) is 18.7 Å². The Morgan fingerprint density at radius 3 is 2.39 bits per heavy atom. The van der Waals surface area contributed by atoms with Crippen molar-refractivity contribution < 1.29 is 22.7 Å². The van der Waals surface area contributed by atoms with Gasteiger partial charge in [-0.15, -0.1) is 0 Å². The van der Waals surface area contributed by atoms with Gasteiger partial charge in [0.2, 0.25) is 10.0 Å². The van der Waals surface area contributed by atoms with Crippen molar-refractivity contribution in [1.82, 2.24) is 4.31 Å². The van der Waals surface area contributed by atoms with Crippen molar-refractivity contribution in [2.24, 2.45) is 0 Å². The predicted molar refractivity (Wildman–Crippen MR) is 118 cm³/mol. The van der Waals surface area contributed by atoms with Gasteiger partial charge in [0.1, 0.15) is 16.4 Å². The molecule has 0 fully saturated rings. The van der Waals surface area contributed by atoms with Crippen LogP contribution in [0, 0.1) is 13.8 Å². The molecule has 31 heavy (non-hydrogen) atoms.